The predicted molar refractivity (Wildman–Crippen MR) is 101 cm³/mol. The van der Waals surface area contributed by atoms with E-state index in [9.17, 15) is 4.79 Å². The maximum atomic E-state index is 12.7. The van der Waals surface area contributed by atoms with Gasteiger partial charge in [0.2, 0.25) is 0 Å². The zero-order valence-electron chi connectivity index (χ0n) is 15.8. The van der Waals surface area contributed by atoms with Crippen molar-refractivity contribution in [2.45, 2.75) is 33.0 Å². The SMILES string of the molecule is CCOC(=O)c1c(N2CC(C)OC(COC)C2)nc2ccccc2c1C. The minimum Gasteiger partial charge on any atom is -0.462 e. The highest BCUT2D eigenvalue weighted by atomic mass is 16.5. The lowest BCUT2D eigenvalue weighted by molar-refractivity contribution is -0.0513. The van der Waals surface area contributed by atoms with Crippen LogP contribution in [0.15, 0.2) is 24.3 Å². The Morgan fingerprint density at radius 1 is 1.35 bits per heavy atom. The van der Waals surface area contributed by atoms with Crippen molar-refractivity contribution in [3.05, 3.63) is 35.4 Å². The molecule has 26 heavy (non-hydrogen) atoms. The number of methoxy groups -OCH3 is 1. The number of aromatic nitrogens is 1. The van der Waals surface area contributed by atoms with Gasteiger partial charge in [0.05, 0.1) is 30.9 Å². The Labute approximate surface area is 154 Å². The Balaban J connectivity index is 2.10. The van der Waals surface area contributed by atoms with Crippen molar-refractivity contribution < 1.29 is 19.0 Å². The molecule has 0 aliphatic carbocycles. The van der Waals surface area contributed by atoms with E-state index >= 15 is 0 Å². The third-order valence-electron chi connectivity index (χ3n) is 4.59. The molecule has 2 atom stereocenters. The van der Waals surface area contributed by atoms with Crippen LogP contribution in [0.3, 0.4) is 0 Å². The van der Waals surface area contributed by atoms with E-state index in [0.29, 0.717) is 37.7 Å². The van der Waals surface area contributed by atoms with Crippen molar-refractivity contribution in [2.24, 2.45) is 0 Å². The largest absolute Gasteiger partial charge is 0.462 e. The predicted octanol–water partition coefficient (Wildman–Crippen LogP) is 2.96. The molecule has 0 radical (unpaired) electrons. The van der Waals surface area contributed by atoms with Crippen molar-refractivity contribution in [1.29, 1.82) is 0 Å². The molecule has 140 valence electrons. The molecule has 1 saturated heterocycles. The minimum atomic E-state index is -0.333. The lowest BCUT2D eigenvalue weighted by atomic mass is 10.0. The summed E-state index contributed by atoms with van der Waals surface area (Å²) in [6.45, 7) is 7.90. The van der Waals surface area contributed by atoms with Crippen molar-refractivity contribution in [3.63, 3.8) is 0 Å². The Kier molecular flexibility index (Phi) is 5.74. The summed E-state index contributed by atoms with van der Waals surface area (Å²) in [6, 6.07) is 7.87. The van der Waals surface area contributed by atoms with Gasteiger partial charge in [0.15, 0.2) is 0 Å². The number of ether oxygens (including phenoxy) is 3. The molecule has 2 unspecified atom stereocenters. The molecule has 6 heteroatoms. The average Bonchev–Trinajstić information content (AvgIpc) is 2.61. The summed E-state index contributed by atoms with van der Waals surface area (Å²) in [4.78, 5) is 19.7. The Morgan fingerprint density at radius 2 is 2.12 bits per heavy atom. The maximum absolute atomic E-state index is 12.7. The molecular formula is C20H26N2O4. The fourth-order valence-electron chi connectivity index (χ4n) is 3.53. The van der Waals surface area contributed by atoms with Crippen LogP contribution < -0.4 is 4.90 Å². The molecule has 0 amide bonds. The molecule has 1 fully saturated rings. The molecule has 0 N–H and O–H groups in total. The Bertz CT molecular complexity index is 793. The van der Waals surface area contributed by atoms with Gasteiger partial charge in [-0.2, -0.15) is 0 Å². The number of anilines is 1. The third kappa shape index (κ3) is 3.66. The molecule has 0 spiro atoms. The standard InChI is InChI=1S/C20H26N2O4/c1-5-25-20(23)18-14(3)16-8-6-7-9-17(16)21-19(18)22-10-13(2)26-15(11-22)12-24-4/h6-9,13,15H,5,10-12H2,1-4H3. The first-order valence-corrected chi connectivity index (χ1v) is 9.01. The first kappa shape index (κ1) is 18.6. The number of pyridine rings is 1. The van der Waals surface area contributed by atoms with E-state index in [-0.39, 0.29) is 18.2 Å². The highest BCUT2D eigenvalue weighted by Crippen LogP contribution is 2.31. The molecule has 1 aliphatic rings. The topological polar surface area (TPSA) is 60.9 Å². The van der Waals surface area contributed by atoms with Crippen molar-refractivity contribution in [3.8, 4) is 0 Å². The number of rotatable bonds is 5. The number of morpholine rings is 1. The average molecular weight is 358 g/mol. The summed E-state index contributed by atoms with van der Waals surface area (Å²) < 4.78 is 16.5. The van der Waals surface area contributed by atoms with Gasteiger partial charge >= 0.3 is 5.97 Å². The second-order valence-corrected chi connectivity index (χ2v) is 6.60. The van der Waals surface area contributed by atoms with Crippen molar-refractivity contribution in [1.82, 2.24) is 4.98 Å². The van der Waals surface area contributed by atoms with Crippen LogP contribution in [0.2, 0.25) is 0 Å². The van der Waals surface area contributed by atoms with E-state index < -0.39 is 0 Å². The van der Waals surface area contributed by atoms with E-state index in [4.69, 9.17) is 19.2 Å². The second kappa shape index (κ2) is 8.01. The zero-order chi connectivity index (χ0) is 18.7. The lowest BCUT2D eigenvalue weighted by Crippen LogP contribution is -2.49. The van der Waals surface area contributed by atoms with Gasteiger partial charge in [-0.05, 0) is 32.4 Å². The van der Waals surface area contributed by atoms with Crippen molar-refractivity contribution in [2.75, 3.05) is 38.3 Å². The first-order chi connectivity index (χ1) is 12.5. The van der Waals surface area contributed by atoms with Crippen LogP contribution in [0.4, 0.5) is 5.82 Å². The smallest absolute Gasteiger partial charge is 0.342 e. The van der Waals surface area contributed by atoms with Crippen LogP contribution in [-0.4, -0.2) is 56.6 Å². The van der Waals surface area contributed by atoms with Gasteiger partial charge in [-0.3, -0.25) is 0 Å². The molecule has 2 aromatic rings. The molecule has 1 aromatic carbocycles. The molecule has 6 nitrogen and oxygen atoms in total. The highest BCUT2D eigenvalue weighted by Gasteiger charge is 2.30. The molecule has 1 aromatic heterocycles. The zero-order valence-corrected chi connectivity index (χ0v) is 15.8. The Hall–Kier alpha value is -2.18. The minimum absolute atomic E-state index is 0.0209. The summed E-state index contributed by atoms with van der Waals surface area (Å²) in [6.07, 6.45) is -0.0418. The lowest BCUT2D eigenvalue weighted by Gasteiger charge is -2.38. The number of aryl methyl sites for hydroxylation is 1. The van der Waals surface area contributed by atoms with E-state index in [1.54, 1.807) is 7.11 Å². The summed E-state index contributed by atoms with van der Waals surface area (Å²) >= 11 is 0. The Morgan fingerprint density at radius 3 is 2.85 bits per heavy atom. The van der Waals surface area contributed by atoms with Crippen LogP contribution in [0.5, 0.6) is 0 Å². The molecular weight excluding hydrogens is 332 g/mol. The van der Waals surface area contributed by atoms with Gasteiger partial charge in [-0.25, -0.2) is 9.78 Å². The van der Waals surface area contributed by atoms with Crippen LogP contribution >= 0.6 is 0 Å². The molecule has 2 heterocycles. The number of hydrogen-bond donors (Lipinski definition) is 0. The molecule has 0 bridgehead atoms. The normalized spacial score (nSPS) is 20.4. The van der Waals surface area contributed by atoms with Gasteiger partial charge in [0, 0.05) is 25.6 Å². The summed E-state index contributed by atoms with van der Waals surface area (Å²) in [5.74, 6) is 0.330. The summed E-state index contributed by atoms with van der Waals surface area (Å²) in [5, 5.41) is 0.967. The van der Waals surface area contributed by atoms with Crippen LogP contribution in [0.25, 0.3) is 10.9 Å². The summed E-state index contributed by atoms with van der Waals surface area (Å²) in [5.41, 5.74) is 2.30. The quantitative estimate of drug-likeness (QED) is 0.766. The van der Waals surface area contributed by atoms with Gasteiger partial charge in [-0.15, -0.1) is 0 Å². The molecule has 0 saturated carbocycles. The van der Waals surface area contributed by atoms with Crippen LogP contribution in [0, 0.1) is 6.92 Å². The highest BCUT2D eigenvalue weighted by molar-refractivity contribution is 6.02. The number of hydrogen-bond acceptors (Lipinski definition) is 6. The number of carbonyl (C=O) groups is 1. The van der Waals surface area contributed by atoms with Gasteiger partial charge < -0.3 is 19.1 Å². The number of nitrogens with zero attached hydrogens (tertiary/aromatic N) is 2. The number of para-hydroxylation sites is 1. The van der Waals surface area contributed by atoms with Gasteiger partial charge in [0.1, 0.15) is 11.4 Å². The number of carbonyl (C=O) groups excluding carboxylic acids is 1. The number of benzene rings is 1. The fourth-order valence-corrected chi connectivity index (χ4v) is 3.53. The maximum Gasteiger partial charge on any atom is 0.342 e. The molecule has 3 rings (SSSR count). The fraction of sp³-hybridized carbons (Fsp3) is 0.500. The summed E-state index contributed by atoms with van der Waals surface area (Å²) in [7, 11) is 1.66. The van der Waals surface area contributed by atoms with E-state index in [1.165, 1.54) is 0 Å². The van der Waals surface area contributed by atoms with E-state index in [0.717, 1.165) is 16.5 Å². The van der Waals surface area contributed by atoms with Gasteiger partial charge in [-0.1, -0.05) is 18.2 Å². The van der Waals surface area contributed by atoms with E-state index in [2.05, 4.69) is 4.90 Å². The number of fused-ring (bicyclic) bond motifs is 1. The second-order valence-electron chi connectivity index (χ2n) is 6.60. The van der Waals surface area contributed by atoms with E-state index in [1.807, 2.05) is 45.0 Å². The van der Waals surface area contributed by atoms with Crippen LogP contribution in [-0.2, 0) is 14.2 Å². The van der Waals surface area contributed by atoms with Gasteiger partial charge in [0.25, 0.3) is 0 Å². The first-order valence-electron chi connectivity index (χ1n) is 9.01. The monoisotopic (exact) mass is 358 g/mol. The van der Waals surface area contributed by atoms with Crippen molar-refractivity contribution >= 4 is 22.7 Å². The number of esters is 1. The molecule has 1 aliphatic heterocycles. The van der Waals surface area contributed by atoms with Crippen LogP contribution in [0.1, 0.15) is 29.8 Å². The third-order valence-corrected chi connectivity index (χ3v) is 4.59.